The summed E-state index contributed by atoms with van der Waals surface area (Å²) in [4.78, 5) is 11.8. The molecule has 2 aromatic heterocycles. The molecule has 0 unspecified atom stereocenters. The maximum Gasteiger partial charge on any atom is 0.336 e. The highest BCUT2D eigenvalue weighted by molar-refractivity contribution is 6.30. The minimum absolute atomic E-state index is 0.276. The monoisotopic (exact) mass is 367 g/mol. The van der Waals surface area contributed by atoms with Gasteiger partial charge in [0.25, 0.3) is 0 Å². The lowest BCUT2D eigenvalue weighted by atomic mass is 10.0. The Morgan fingerprint density at radius 1 is 1.08 bits per heavy atom. The van der Waals surface area contributed by atoms with Gasteiger partial charge in [-0.15, -0.1) is 0 Å². The standard InChI is InChI=1S/C20H14ClNO4/c1-10-9-16(23)26-20-14(10)7-8-15-17(20)11(2)19(25-15)18(22-24)12-3-5-13(21)6-4-12/h3-9,24H,1-2H3. The lowest BCUT2D eigenvalue weighted by molar-refractivity contribution is 0.318. The number of hydrogen-bond donors (Lipinski definition) is 1. The molecule has 0 bridgehead atoms. The quantitative estimate of drug-likeness (QED) is 0.233. The Bertz CT molecular complexity index is 1230. The second-order valence-electron chi connectivity index (χ2n) is 6.08. The highest BCUT2D eigenvalue weighted by Crippen LogP contribution is 2.34. The molecule has 0 fully saturated rings. The summed E-state index contributed by atoms with van der Waals surface area (Å²) in [6, 6.07) is 12.0. The van der Waals surface area contributed by atoms with E-state index in [1.54, 1.807) is 24.3 Å². The number of hydrogen-bond acceptors (Lipinski definition) is 5. The summed E-state index contributed by atoms with van der Waals surface area (Å²) in [7, 11) is 0. The molecule has 0 spiro atoms. The number of aryl methyl sites for hydroxylation is 2. The molecule has 4 rings (SSSR count). The van der Waals surface area contributed by atoms with Gasteiger partial charge in [0.2, 0.25) is 0 Å². The molecule has 0 aliphatic heterocycles. The largest absolute Gasteiger partial charge is 0.454 e. The molecule has 0 saturated carbocycles. The third-order valence-electron chi connectivity index (χ3n) is 4.44. The van der Waals surface area contributed by atoms with Crippen LogP contribution < -0.4 is 5.63 Å². The van der Waals surface area contributed by atoms with Crippen LogP contribution in [0.25, 0.3) is 21.9 Å². The Kier molecular flexibility index (Phi) is 3.81. The van der Waals surface area contributed by atoms with Gasteiger partial charge < -0.3 is 14.0 Å². The highest BCUT2D eigenvalue weighted by atomic mass is 35.5. The predicted octanol–water partition coefficient (Wildman–Crippen LogP) is 5.04. The van der Waals surface area contributed by atoms with Crippen LogP contribution in [0.15, 0.2) is 61.2 Å². The van der Waals surface area contributed by atoms with Crippen molar-refractivity contribution in [2.24, 2.45) is 5.16 Å². The summed E-state index contributed by atoms with van der Waals surface area (Å²) in [5, 5.41) is 15.1. The molecule has 6 heteroatoms. The first-order chi connectivity index (χ1) is 12.5. The van der Waals surface area contributed by atoms with Crippen LogP contribution in [0.5, 0.6) is 0 Å². The van der Waals surface area contributed by atoms with Crippen molar-refractivity contribution in [2.45, 2.75) is 13.8 Å². The second kappa shape index (κ2) is 6.04. The van der Waals surface area contributed by atoms with Crippen molar-refractivity contribution >= 4 is 39.3 Å². The van der Waals surface area contributed by atoms with Gasteiger partial charge >= 0.3 is 5.63 Å². The van der Waals surface area contributed by atoms with E-state index in [0.29, 0.717) is 32.9 Å². The summed E-state index contributed by atoms with van der Waals surface area (Å²) in [5.74, 6) is 0.404. The second-order valence-corrected chi connectivity index (χ2v) is 6.51. The van der Waals surface area contributed by atoms with Gasteiger partial charge in [0.05, 0.1) is 5.39 Å². The SMILES string of the molecule is Cc1cc(=O)oc2c1ccc1oc(C(=NO)c3ccc(Cl)cc3)c(C)c12. The van der Waals surface area contributed by atoms with Crippen LogP contribution in [0.2, 0.25) is 5.02 Å². The molecule has 4 aromatic rings. The number of furan rings is 1. The van der Waals surface area contributed by atoms with Crippen molar-refractivity contribution in [3.63, 3.8) is 0 Å². The lowest BCUT2D eigenvalue weighted by Crippen LogP contribution is -2.03. The Hall–Kier alpha value is -3.05. The van der Waals surface area contributed by atoms with Crippen LogP contribution in [0.4, 0.5) is 0 Å². The fraction of sp³-hybridized carbons (Fsp3) is 0.100. The van der Waals surface area contributed by atoms with Gasteiger partial charge in [-0.1, -0.05) is 28.9 Å². The van der Waals surface area contributed by atoms with Gasteiger partial charge in [-0.05, 0) is 43.7 Å². The molecule has 2 aromatic carbocycles. The lowest BCUT2D eigenvalue weighted by Gasteiger charge is -2.03. The first-order valence-corrected chi connectivity index (χ1v) is 8.32. The van der Waals surface area contributed by atoms with Crippen LogP contribution in [0, 0.1) is 13.8 Å². The summed E-state index contributed by atoms with van der Waals surface area (Å²) in [5.41, 5.74) is 3.08. The number of rotatable bonds is 2. The topological polar surface area (TPSA) is 75.9 Å². The average molecular weight is 368 g/mol. The number of nitrogens with zero attached hydrogens (tertiary/aromatic N) is 1. The van der Waals surface area contributed by atoms with E-state index < -0.39 is 5.63 Å². The van der Waals surface area contributed by atoms with E-state index in [1.165, 1.54) is 6.07 Å². The molecule has 1 N–H and O–H groups in total. The molecule has 0 atom stereocenters. The first-order valence-electron chi connectivity index (χ1n) is 7.94. The Labute approximate surface area is 153 Å². The van der Waals surface area contributed by atoms with E-state index in [9.17, 15) is 10.0 Å². The fourth-order valence-corrected chi connectivity index (χ4v) is 3.30. The maximum absolute atomic E-state index is 11.8. The predicted molar refractivity (Wildman–Crippen MR) is 101 cm³/mol. The van der Waals surface area contributed by atoms with E-state index in [-0.39, 0.29) is 5.71 Å². The van der Waals surface area contributed by atoms with E-state index in [0.717, 1.165) is 16.5 Å². The molecule has 130 valence electrons. The molecule has 0 saturated heterocycles. The third-order valence-corrected chi connectivity index (χ3v) is 4.69. The Morgan fingerprint density at radius 3 is 2.50 bits per heavy atom. The normalized spacial score (nSPS) is 12.2. The summed E-state index contributed by atoms with van der Waals surface area (Å²) < 4.78 is 11.4. The van der Waals surface area contributed by atoms with Gasteiger partial charge in [-0.25, -0.2) is 4.79 Å². The zero-order valence-electron chi connectivity index (χ0n) is 14.0. The number of halogens is 1. The molecule has 0 amide bonds. The van der Waals surface area contributed by atoms with Crippen molar-refractivity contribution in [3.05, 3.63) is 80.4 Å². The van der Waals surface area contributed by atoms with E-state index >= 15 is 0 Å². The van der Waals surface area contributed by atoms with Gasteiger partial charge in [0, 0.05) is 27.6 Å². The van der Waals surface area contributed by atoms with E-state index in [1.807, 2.05) is 26.0 Å². The van der Waals surface area contributed by atoms with Crippen molar-refractivity contribution in [2.75, 3.05) is 0 Å². The van der Waals surface area contributed by atoms with Crippen molar-refractivity contribution in [3.8, 4) is 0 Å². The molecule has 26 heavy (non-hydrogen) atoms. The smallest absolute Gasteiger partial charge is 0.336 e. The average Bonchev–Trinajstić information content (AvgIpc) is 2.94. The van der Waals surface area contributed by atoms with E-state index in [2.05, 4.69) is 5.16 Å². The fourth-order valence-electron chi connectivity index (χ4n) is 3.17. The number of oxime groups is 1. The van der Waals surface area contributed by atoms with Gasteiger partial charge in [0.15, 0.2) is 11.5 Å². The first kappa shape index (κ1) is 16.4. The molecular formula is C20H14ClNO4. The van der Waals surface area contributed by atoms with Crippen molar-refractivity contribution in [1.82, 2.24) is 0 Å². The van der Waals surface area contributed by atoms with Crippen LogP contribution in [-0.2, 0) is 0 Å². The maximum atomic E-state index is 11.8. The van der Waals surface area contributed by atoms with Crippen molar-refractivity contribution in [1.29, 1.82) is 0 Å². The van der Waals surface area contributed by atoms with Crippen molar-refractivity contribution < 1.29 is 14.0 Å². The molecular weight excluding hydrogens is 354 g/mol. The van der Waals surface area contributed by atoms with Gasteiger partial charge in [0.1, 0.15) is 11.2 Å². The van der Waals surface area contributed by atoms with Gasteiger partial charge in [-0.2, -0.15) is 0 Å². The van der Waals surface area contributed by atoms with Crippen LogP contribution in [0.3, 0.4) is 0 Å². The molecule has 5 nitrogen and oxygen atoms in total. The molecule has 0 radical (unpaired) electrons. The number of benzene rings is 2. The van der Waals surface area contributed by atoms with Crippen LogP contribution in [0.1, 0.15) is 22.5 Å². The minimum atomic E-state index is -0.418. The zero-order valence-corrected chi connectivity index (χ0v) is 14.8. The summed E-state index contributed by atoms with van der Waals surface area (Å²) >= 11 is 5.93. The molecule has 2 heterocycles. The Balaban J connectivity index is 2.02. The highest BCUT2D eigenvalue weighted by Gasteiger charge is 2.21. The van der Waals surface area contributed by atoms with Crippen LogP contribution >= 0.6 is 11.6 Å². The van der Waals surface area contributed by atoms with Gasteiger partial charge in [-0.3, -0.25) is 0 Å². The Morgan fingerprint density at radius 2 is 1.81 bits per heavy atom. The molecule has 0 aliphatic carbocycles. The number of fused-ring (bicyclic) bond motifs is 3. The third kappa shape index (κ3) is 2.48. The summed E-state index contributed by atoms with van der Waals surface area (Å²) in [6.07, 6.45) is 0. The summed E-state index contributed by atoms with van der Waals surface area (Å²) in [6.45, 7) is 3.69. The zero-order chi connectivity index (χ0) is 18.4. The van der Waals surface area contributed by atoms with E-state index in [4.69, 9.17) is 20.4 Å². The van der Waals surface area contributed by atoms with Crippen LogP contribution in [-0.4, -0.2) is 10.9 Å². The molecule has 0 aliphatic rings. The minimum Gasteiger partial charge on any atom is -0.454 e.